The van der Waals surface area contributed by atoms with E-state index in [2.05, 4.69) is 79.1 Å². The molecule has 0 aliphatic heterocycles. The molecule has 294 valence electrons. The van der Waals surface area contributed by atoms with Gasteiger partial charge in [0.15, 0.2) is 6.10 Å². The number of phosphoric ester groups is 1. The number of phosphoric acid groups is 1. The maximum atomic E-state index is 12.5. The SMILES string of the molecule is CC/C=C\C/C=C\C/C=C\C/C=C\C/C=C\CCCCCC(=O)OC(COC(=O)CCCCCCCCCCC)COP(=O)(O)OCC(O)CO. The molecule has 0 aromatic carbocycles. The molecule has 0 heterocycles. The zero-order valence-corrected chi connectivity index (χ0v) is 32.4. The van der Waals surface area contributed by atoms with Crippen LogP contribution in [-0.2, 0) is 32.7 Å². The van der Waals surface area contributed by atoms with Crippen LogP contribution in [0.4, 0.5) is 0 Å². The Morgan fingerprint density at radius 2 is 1.08 bits per heavy atom. The molecule has 0 fully saturated rings. The van der Waals surface area contributed by atoms with Gasteiger partial charge in [-0.05, 0) is 57.8 Å². The van der Waals surface area contributed by atoms with Gasteiger partial charge >= 0.3 is 19.8 Å². The summed E-state index contributed by atoms with van der Waals surface area (Å²) in [5.41, 5.74) is 0. The predicted molar refractivity (Wildman–Crippen MR) is 205 cm³/mol. The molecule has 0 aromatic rings. The second-order valence-corrected chi connectivity index (χ2v) is 14.0. The van der Waals surface area contributed by atoms with Gasteiger partial charge in [0.05, 0.1) is 19.8 Å². The molecule has 11 heteroatoms. The molecule has 0 rings (SSSR count). The molecule has 0 aliphatic rings. The fourth-order valence-corrected chi connectivity index (χ4v) is 5.51. The van der Waals surface area contributed by atoms with Crippen molar-refractivity contribution in [1.29, 1.82) is 0 Å². The van der Waals surface area contributed by atoms with Crippen molar-refractivity contribution in [3.8, 4) is 0 Å². The van der Waals surface area contributed by atoms with Crippen LogP contribution in [-0.4, -0.2) is 65.7 Å². The van der Waals surface area contributed by atoms with Gasteiger partial charge in [0, 0.05) is 12.8 Å². The molecule has 0 amide bonds. The lowest BCUT2D eigenvalue weighted by molar-refractivity contribution is -0.161. The lowest BCUT2D eigenvalue weighted by Crippen LogP contribution is -2.29. The molecular weight excluding hydrogens is 671 g/mol. The van der Waals surface area contributed by atoms with Crippen LogP contribution in [0.1, 0.15) is 142 Å². The van der Waals surface area contributed by atoms with Crippen molar-refractivity contribution < 1.29 is 47.8 Å². The number of allylic oxidation sites excluding steroid dienone is 10. The van der Waals surface area contributed by atoms with E-state index in [0.717, 1.165) is 70.6 Å². The Morgan fingerprint density at radius 3 is 1.63 bits per heavy atom. The van der Waals surface area contributed by atoms with Crippen LogP contribution >= 0.6 is 7.82 Å². The second-order valence-electron chi connectivity index (χ2n) is 12.6. The van der Waals surface area contributed by atoms with Gasteiger partial charge in [0.2, 0.25) is 0 Å². The van der Waals surface area contributed by atoms with Crippen molar-refractivity contribution in [1.82, 2.24) is 0 Å². The molecule has 3 atom stereocenters. The molecule has 0 saturated heterocycles. The van der Waals surface area contributed by atoms with Crippen molar-refractivity contribution in [2.24, 2.45) is 0 Å². The molecule has 3 unspecified atom stereocenters. The second kappa shape index (κ2) is 36.0. The molecule has 0 aromatic heterocycles. The number of rotatable bonds is 35. The molecule has 10 nitrogen and oxygen atoms in total. The highest BCUT2D eigenvalue weighted by Crippen LogP contribution is 2.43. The fraction of sp³-hybridized carbons (Fsp3) is 0.700. The summed E-state index contributed by atoms with van der Waals surface area (Å²) in [5.74, 6) is -0.971. The molecule has 51 heavy (non-hydrogen) atoms. The van der Waals surface area contributed by atoms with Gasteiger partial charge in [0.25, 0.3) is 0 Å². The van der Waals surface area contributed by atoms with Crippen LogP contribution in [0.25, 0.3) is 0 Å². The van der Waals surface area contributed by atoms with E-state index in [-0.39, 0.29) is 19.4 Å². The minimum atomic E-state index is -4.62. The van der Waals surface area contributed by atoms with Crippen LogP contribution in [0.15, 0.2) is 60.8 Å². The number of aliphatic hydroxyl groups is 2. The topological polar surface area (TPSA) is 149 Å². The third kappa shape index (κ3) is 35.8. The maximum Gasteiger partial charge on any atom is 0.472 e. The largest absolute Gasteiger partial charge is 0.472 e. The monoisotopic (exact) mass is 740 g/mol. The lowest BCUT2D eigenvalue weighted by atomic mass is 10.1. The number of hydrogen-bond donors (Lipinski definition) is 3. The van der Waals surface area contributed by atoms with Crippen LogP contribution < -0.4 is 0 Å². The quantitative estimate of drug-likeness (QED) is 0.0248. The predicted octanol–water partition coefficient (Wildman–Crippen LogP) is 9.55. The summed E-state index contributed by atoms with van der Waals surface area (Å²) in [6.45, 7) is 2.17. The molecule has 3 N–H and O–H groups in total. The van der Waals surface area contributed by atoms with E-state index in [1.807, 2.05) is 0 Å². The number of carbonyl (C=O) groups is 2. The summed E-state index contributed by atoms with van der Waals surface area (Å²) in [7, 11) is -4.62. The summed E-state index contributed by atoms with van der Waals surface area (Å²) < 4.78 is 32.5. The van der Waals surface area contributed by atoms with Gasteiger partial charge < -0.3 is 24.6 Å². The van der Waals surface area contributed by atoms with E-state index in [1.165, 1.54) is 32.1 Å². The van der Waals surface area contributed by atoms with E-state index in [1.54, 1.807) is 0 Å². The highest BCUT2D eigenvalue weighted by molar-refractivity contribution is 7.47. The molecule has 0 spiro atoms. The standard InChI is InChI=1S/C40H69O10P/c1-3-5-7-9-11-13-14-15-16-17-18-19-20-21-22-24-26-28-30-32-40(44)50-38(36-49-51(45,46)48-34-37(42)33-41)35-47-39(43)31-29-27-25-23-12-10-8-6-4-2/h5,7,11,13,15-16,18-19,21-22,37-38,41-42H,3-4,6,8-10,12,14,17,20,23-36H2,1-2H3,(H,45,46)/b7-5-,13-11-,16-15-,19-18-,22-21-. The zero-order chi connectivity index (χ0) is 37.7. The highest BCUT2D eigenvalue weighted by atomic mass is 31.2. The van der Waals surface area contributed by atoms with E-state index in [4.69, 9.17) is 19.1 Å². The van der Waals surface area contributed by atoms with Gasteiger partial charge in [-0.25, -0.2) is 4.57 Å². The fourth-order valence-electron chi connectivity index (χ4n) is 4.72. The van der Waals surface area contributed by atoms with Gasteiger partial charge in [-0.1, -0.05) is 132 Å². The molecule has 0 bridgehead atoms. The minimum Gasteiger partial charge on any atom is -0.462 e. The first-order valence-corrected chi connectivity index (χ1v) is 20.7. The summed E-state index contributed by atoms with van der Waals surface area (Å²) >= 11 is 0. The summed E-state index contributed by atoms with van der Waals surface area (Å²) in [4.78, 5) is 34.8. The Morgan fingerprint density at radius 1 is 0.608 bits per heavy atom. The van der Waals surface area contributed by atoms with Gasteiger partial charge in [0.1, 0.15) is 12.7 Å². The smallest absolute Gasteiger partial charge is 0.462 e. The van der Waals surface area contributed by atoms with Gasteiger partial charge in [-0.2, -0.15) is 0 Å². The summed E-state index contributed by atoms with van der Waals surface area (Å²) in [5, 5.41) is 18.3. The lowest BCUT2D eigenvalue weighted by Gasteiger charge is -2.20. The summed E-state index contributed by atoms with van der Waals surface area (Å²) in [6.07, 6.45) is 37.7. The number of esters is 2. The van der Waals surface area contributed by atoms with Gasteiger partial charge in [-0.15, -0.1) is 0 Å². The zero-order valence-electron chi connectivity index (χ0n) is 31.5. The Labute approximate surface area is 308 Å². The Balaban J connectivity index is 4.41. The molecule has 0 radical (unpaired) electrons. The van der Waals surface area contributed by atoms with Gasteiger partial charge in [-0.3, -0.25) is 18.6 Å². The third-order valence-electron chi connectivity index (χ3n) is 7.69. The number of unbranched alkanes of at least 4 members (excludes halogenated alkanes) is 11. The number of carbonyl (C=O) groups excluding carboxylic acids is 2. The van der Waals surface area contributed by atoms with Crippen molar-refractivity contribution >= 4 is 19.8 Å². The van der Waals surface area contributed by atoms with Crippen LogP contribution in [0, 0.1) is 0 Å². The van der Waals surface area contributed by atoms with Crippen LogP contribution in [0.2, 0.25) is 0 Å². The van der Waals surface area contributed by atoms with Crippen LogP contribution in [0.5, 0.6) is 0 Å². The van der Waals surface area contributed by atoms with E-state index in [0.29, 0.717) is 12.8 Å². The highest BCUT2D eigenvalue weighted by Gasteiger charge is 2.27. The van der Waals surface area contributed by atoms with Crippen molar-refractivity contribution in [2.75, 3.05) is 26.4 Å². The molecule has 0 aliphatic carbocycles. The Kier molecular flexibility index (Phi) is 34.4. The average molecular weight is 741 g/mol. The Bertz CT molecular complexity index is 1040. The first-order chi connectivity index (χ1) is 24.7. The first kappa shape index (κ1) is 48.7. The van der Waals surface area contributed by atoms with Crippen molar-refractivity contribution in [2.45, 2.75) is 154 Å². The van der Waals surface area contributed by atoms with Crippen molar-refractivity contribution in [3.63, 3.8) is 0 Å². The summed E-state index contributed by atoms with van der Waals surface area (Å²) in [6, 6.07) is 0. The number of hydrogen-bond acceptors (Lipinski definition) is 9. The minimum absolute atomic E-state index is 0.143. The van der Waals surface area contributed by atoms with E-state index >= 15 is 0 Å². The van der Waals surface area contributed by atoms with Crippen LogP contribution in [0.3, 0.4) is 0 Å². The Hall–Kier alpha value is -2.33. The molecule has 0 saturated carbocycles. The van der Waals surface area contributed by atoms with E-state index < -0.39 is 51.8 Å². The number of aliphatic hydroxyl groups excluding tert-OH is 2. The normalized spacial score (nSPS) is 14.7. The number of ether oxygens (including phenoxy) is 2. The van der Waals surface area contributed by atoms with E-state index in [9.17, 15) is 24.2 Å². The third-order valence-corrected chi connectivity index (χ3v) is 8.64. The average Bonchev–Trinajstić information content (AvgIpc) is 3.12. The maximum absolute atomic E-state index is 12.5. The first-order valence-electron chi connectivity index (χ1n) is 19.2. The molecular formula is C40H69O10P. The van der Waals surface area contributed by atoms with Crippen molar-refractivity contribution in [3.05, 3.63) is 60.8 Å².